The Bertz CT molecular complexity index is 410. The second-order valence-corrected chi connectivity index (χ2v) is 6.77. The van der Waals surface area contributed by atoms with Gasteiger partial charge in [-0.25, -0.2) is 9.59 Å². The van der Waals surface area contributed by atoms with Crippen molar-refractivity contribution in [3.05, 3.63) is 0 Å². The number of hydrogen-bond acceptors (Lipinski definition) is 2. The number of aliphatic carboxylic acids is 1. The Morgan fingerprint density at radius 1 is 0.810 bits per heavy atom. The molecule has 0 aromatic carbocycles. The molecule has 2 aliphatic heterocycles. The molecule has 3 fully saturated rings. The van der Waals surface area contributed by atoms with Crippen LogP contribution in [0.1, 0.15) is 57.8 Å². The molecule has 5 nitrogen and oxygen atoms in total. The van der Waals surface area contributed by atoms with Crippen LogP contribution >= 0.6 is 0 Å². The molecule has 0 radical (unpaired) electrons. The molecule has 2 saturated heterocycles. The Morgan fingerprint density at radius 3 is 2.29 bits per heavy atom. The number of piperidine rings is 2. The standard InChI is InChI=1S/C16H26N2O3/c19-15(20)14-9-3-4-10-18(14)16(21)17-11-5-7-12-6-1-2-8-13(12)17/h12-14H,1-11H2,(H,19,20). The third kappa shape index (κ3) is 2.87. The third-order valence-corrected chi connectivity index (χ3v) is 5.52. The summed E-state index contributed by atoms with van der Waals surface area (Å²) in [5, 5.41) is 9.38. The first-order valence-corrected chi connectivity index (χ1v) is 8.48. The van der Waals surface area contributed by atoms with Crippen LogP contribution in [0.15, 0.2) is 0 Å². The van der Waals surface area contributed by atoms with Crippen molar-refractivity contribution in [3.63, 3.8) is 0 Å². The van der Waals surface area contributed by atoms with E-state index in [9.17, 15) is 14.7 Å². The van der Waals surface area contributed by atoms with E-state index in [2.05, 4.69) is 0 Å². The van der Waals surface area contributed by atoms with Gasteiger partial charge in [0.2, 0.25) is 0 Å². The molecule has 5 heteroatoms. The number of rotatable bonds is 1. The molecule has 21 heavy (non-hydrogen) atoms. The van der Waals surface area contributed by atoms with Crippen molar-refractivity contribution in [2.75, 3.05) is 13.1 Å². The lowest BCUT2D eigenvalue weighted by molar-refractivity contribution is -0.143. The highest BCUT2D eigenvalue weighted by atomic mass is 16.4. The highest BCUT2D eigenvalue weighted by Crippen LogP contribution is 2.36. The first-order chi connectivity index (χ1) is 10.2. The van der Waals surface area contributed by atoms with Crippen molar-refractivity contribution in [1.82, 2.24) is 9.80 Å². The fourth-order valence-corrected chi connectivity index (χ4v) is 4.44. The van der Waals surface area contributed by atoms with E-state index in [0.29, 0.717) is 24.9 Å². The summed E-state index contributed by atoms with van der Waals surface area (Å²) in [5.41, 5.74) is 0. The maximum absolute atomic E-state index is 12.9. The van der Waals surface area contributed by atoms with Gasteiger partial charge in [-0.1, -0.05) is 12.8 Å². The summed E-state index contributed by atoms with van der Waals surface area (Å²) in [5.74, 6) is -0.204. The van der Waals surface area contributed by atoms with Crippen molar-refractivity contribution in [2.45, 2.75) is 69.9 Å². The monoisotopic (exact) mass is 294 g/mol. The van der Waals surface area contributed by atoms with Crippen molar-refractivity contribution in [1.29, 1.82) is 0 Å². The lowest BCUT2D eigenvalue weighted by Crippen LogP contribution is -2.58. The topological polar surface area (TPSA) is 60.9 Å². The summed E-state index contributed by atoms with van der Waals surface area (Å²) in [6.45, 7) is 1.41. The van der Waals surface area contributed by atoms with Crippen LogP contribution in [0.3, 0.4) is 0 Å². The predicted molar refractivity (Wildman–Crippen MR) is 79.1 cm³/mol. The number of likely N-dealkylation sites (tertiary alicyclic amines) is 2. The van der Waals surface area contributed by atoms with Gasteiger partial charge < -0.3 is 14.9 Å². The van der Waals surface area contributed by atoms with Gasteiger partial charge in [-0.15, -0.1) is 0 Å². The van der Waals surface area contributed by atoms with Crippen LogP contribution in [0.2, 0.25) is 0 Å². The molecular weight excluding hydrogens is 268 g/mol. The van der Waals surface area contributed by atoms with Crippen LogP contribution in [0.4, 0.5) is 4.79 Å². The van der Waals surface area contributed by atoms with Crippen LogP contribution in [0.5, 0.6) is 0 Å². The first kappa shape index (κ1) is 14.7. The minimum atomic E-state index is -0.847. The molecule has 3 aliphatic rings. The van der Waals surface area contributed by atoms with E-state index >= 15 is 0 Å². The molecule has 1 N–H and O–H groups in total. The Hall–Kier alpha value is -1.26. The van der Waals surface area contributed by atoms with Gasteiger partial charge in [-0.05, 0) is 50.9 Å². The van der Waals surface area contributed by atoms with Crippen LogP contribution in [-0.4, -0.2) is 52.1 Å². The Morgan fingerprint density at radius 2 is 1.48 bits per heavy atom. The van der Waals surface area contributed by atoms with Crippen LogP contribution < -0.4 is 0 Å². The molecule has 0 bridgehead atoms. The van der Waals surface area contributed by atoms with E-state index in [0.717, 1.165) is 32.2 Å². The largest absolute Gasteiger partial charge is 0.480 e. The van der Waals surface area contributed by atoms with E-state index in [1.807, 2.05) is 4.90 Å². The van der Waals surface area contributed by atoms with E-state index in [1.54, 1.807) is 4.90 Å². The molecule has 3 rings (SSSR count). The summed E-state index contributed by atoms with van der Waals surface area (Å²) in [6, 6.07) is -0.273. The highest BCUT2D eigenvalue weighted by molar-refractivity contribution is 5.83. The van der Waals surface area contributed by atoms with Gasteiger partial charge in [0.1, 0.15) is 6.04 Å². The zero-order valence-corrected chi connectivity index (χ0v) is 12.7. The van der Waals surface area contributed by atoms with Gasteiger partial charge in [0.05, 0.1) is 0 Å². The summed E-state index contributed by atoms with van der Waals surface area (Å²) in [7, 11) is 0. The summed E-state index contributed by atoms with van der Waals surface area (Å²) >= 11 is 0. The molecule has 3 atom stereocenters. The second kappa shape index (κ2) is 6.24. The number of carbonyl (C=O) groups is 2. The number of amides is 2. The minimum Gasteiger partial charge on any atom is -0.480 e. The van der Waals surface area contributed by atoms with Gasteiger partial charge in [0.25, 0.3) is 0 Å². The highest BCUT2D eigenvalue weighted by Gasteiger charge is 2.40. The van der Waals surface area contributed by atoms with E-state index < -0.39 is 12.0 Å². The molecule has 0 aromatic rings. The molecule has 0 spiro atoms. The summed E-state index contributed by atoms with van der Waals surface area (Å²) in [4.78, 5) is 28.0. The lowest BCUT2D eigenvalue weighted by atomic mass is 9.78. The van der Waals surface area contributed by atoms with Gasteiger partial charge in [0.15, 0.2) is 0 Å². The number of nitrogens with zero attached hydrogens (tertiary/aromatic N) is 2. The lowest BCUT2D eigenvalue weighted by Gasteiger charge is -2.47. The number of carboxylic acids is 1. The van der Waals surface area contributed by atoms with Crippen LogP contribution in [0, 0.1) is 5.92 Å². The zero-order chi connectivity index (χ0) is 14.8. The SMILES string of the molecule is O=C(O)C1CCCCN1C(=O)N1CCCC2CCCCC21. The third-order valence-electron chi connectivity index (χ3n) is 5.52. The zero-order valence-electron chi connectivity index (χ0n) is 12.7. The molecule has 3 unspecified atom stereocenters. The van der Waals surface area contributed by atoms with Gasteiger partial charge >= 0.3 is 12.0 Å². The Labute approximate surface area is 126 Å². The molecule has 1 saturated carbocycles. The van der Waals surface area contributed by atoms with Gasteiger partial charge in [0, 0.05) is 19.1 Å². The number of fused-ring (bicyclic) bond motifs is 1. The van der Waals surface area contributed by atoms with Gasteiger partial charge in [-0.3, -0.25) is 0 Å². The first-order valence-electron chi connectivity index (χ1n) is 8.48. The summed E-state index contributed by atoms with van der Waals surface area (Å²) < 4.78 is 0. The normalized spacial score (nSPS) is 33.4. The molecule has 2 amide bonds. The molecular formula is C16H26N2O3. The predicted octanol–water partition coefficient (Wildman–Crippen LogP) is 2.70. The fourth-order valence-electron chi connectivity index (χ4n) is 4.44. The Balaban J connectivity index is 1.74. The van der Waals surface area contributed by atoms with Crippen molar-refractivity contribution < 1.29 is 14.7 Å². The van der Waals surface area contributed by atoms with E-state index in [-0.39, 0.29) is 6.03 Å². The number of carboxylic acid groups (broad SMARTS) is 1. The average molecular weight is 294 g/mol. The maximum Gasteiger partial charge on any atom is 0.326 e. The molecule has 0 aromatic heterocycles. The number of urea groups is 1. The van der Waals surface area contributed by atoms with Crippen LogP contribution in [0.25, 0.3) is 0 Å². The second-order valence-electron chi connectivity index (χ2n) is 6.77. The van der Waals surface area contributed by atoms with Crippen molar-refractivity contribution in [3.8, 4) is 0 Å². The van der Waals surface area contributed by atoms with Crippen molar-refractivity contribution >= 4 is 12.0 Å². The minimum absolute atomic E-state index is 0.0151. The fraction of sp³-hybridized carbons (Fsp3) is 0.875. The van der Waals surface area contributed by atoms with Crippen LogP contribution in [-0.2, 0) is 4.79 Å². The quantitative estimate of drug-likeness (QED) is 0.809. The Kier molecular flexibility index (Phi) is 4.36. The number of carbonyl (C=O) groups excluding carboxylic acids is 1. The van der Waals surface area contributed by atoms with Crippen molar-refractivity contribution in [2.24, 2.45) is 5.92 Å². The van der Waals surface area contributed by atoms with E-state index in [4.69, 9.17) is 0 Å². The van der Waals surface area contributed by atoms with Gasteiger partial charge in [-0.2, -0.15) is 0 Å². The van der Waals surface area contributed by atoms with E-state index in [1.165, 1.54) is 25.7 Å². The smallest absolute Gasteiger partial charge is 0.326 e. The average Bonchev–Trinajstić information content (AvgIpc) is 2.53. The summed E-state index contributed by atoms with van der Waals surface area (Å²) in [6.07, 6.45) is 9.55. The molecule has 2 heterocycles. The number of hydrogen-bond donors (Lipinski definition) is 1. The molecule has 118 valence electrons. The maximum atomic E-state index is 12.9. The molecule has 1 aliphatic carbocycles.